The lowest BCUT2D eigenvalue weighted by molar-refractivity contribution is -0.704. The average Bonchev–Trinajstić information content (AvgIpc) is 3.51. The summed E-state index contributed by atoms with van der Waals surface area (Å²) in [4.78, 5) is 0. The summed E-state index contributed by atoms with van der Waals surface area (Å²) in [7, 11) is 0. The zero-order valence-corrected chi connectivity index (χ0v) is 35.2. The van der Waals surface area contributed by atoms with Crippen molar-refractivity contribution < 1.29 is 4.57 Å². The van der Waals surface area contributed by atoms with Crippen molar-refractivity contribution in [2.45, 2.75) is 291 Å². The van der Waals surface area contributed by atoms with Gasteiger partial charge in [0.05, 0.1) is 13.1 Å². The first-order valence-corrected chi connectivity index (χ1v) is 23.9. The summed E-state index contributed by atoms with van der Waals surface area (Å²) in [6, 6.07) is 0. The van der Waals surface area contributed by atoms with Gasteiger partial charge in [-0.2, -0.15) is 0 Å². The largest absolute Gasteiger partial charge is 0.256 e. The molecule has 0 amide bonds. The second-order valence-electron chi connectivity index (χ2n) is 16.6. The van der Waals surface area contributed by atoms with Crippen LogP contribution in [0, 0.1) is 0 Å². The summed E-state index contributed by atoms with van der Waals surface area (Å²) in [5.41, 5.74) is 0. The Kier molecular flexibility index (Phi) is 37.2. The maximum Gasteiger partial charge on any atom is 0.256 e. The molecule has 0 aliphatic heterocycles. The van der Waals surface area contributed by atoms with Crippen molar-refractivity contribution in [3.8, 4) is 0 Å². The number of rotatable bonds is 42. The number of nitrogens with zero attached hydrogens (tertiary/aromatic N) is 2. The Balaban J connectivity index is 2.25. The molecule has 0 bridgehead atoms. The van der Waals surface area contributed by atoms with Gasteiger partial charge in [0, 0.05) is 6.42 Å². The van der Waals surface area contributed by atoms with Gasteiger partial charge in [0.15, 0.2) is 0 Å². The maximum atomic E-state index is 2.65. The second-order valence-corrected chi connectivity index (χ2v) is 16.6. The van der Waals surface area contributed by atoms with Gasteiger partial charge in [-0.1, -0.05) is 239 Å². The van der Waals surface area contributed by atoms with Crippen LogP contribution in [0.2, 0.25) is 0 Å². The molecule has 2 nitrogen and oxygen atoms in total. The van der Waals surface area contributed by atoms with Crippen molar-refractivity contribution in [2.24, 2.45) is 0 Å². The molecule has 0 spiro atoms. The van der Waals surface area contributed by atoms with E-state index in [0.29, 0.717) is 0 Å². The molecular weight excluding hydrogens is 605 g/mol. The Labute approximate surface area is 317 Å². The van der Waals surface area contributed by atoms with Crippen molar-refractivity contribution in [1.82, 2.24) is 4.57 Å². The van der Waals surface area contributed by atoms with E-state index < -0.39 is 0 Å². The smallest absolute Gasteiger partial charge is 0.234 e. The Morgan fingerprint density at radius 1 is 0.340 bits per heavy atom. The van der Waals surface area contributed by atoms with Crippen LogP contribution in [0.5, 0.6) is 0 Å². The number of unbranched alkanes of at least 4 members (excludes halogenated alkanes) is 36. The first-order valence-electron chi connectivity index (χ1n) is 23.9. The standard InChI is InChI=1S/C48H95N2/c1-4-7-10-13-16-19-22-24-25-26-28-30-33-36-39-42-45-50-47-46-49(44-41-38-35-32-21-18-15-12-9-6-3)48(50)43-40-37-34-31-29-27-23-20-17-14-11-8-5-2/h46-47H,4-45H2,1-3H3/q+1. The van der Waals surface area contributed by atoms with Crippen molar-refractivity contribution in [2.75, 3.05) is 0 Å². The van der Waals surface area contributed by atoms with Gasteiger partial charge >= 0.3 is 0 Å². The number of hydrogen-bond donors (Lipinski definition) is 0. The van der Waals surface area contributed by atoms with Crippen molar-refractivity contribution >= 4 is 0 Å². The number of aryl methyl sites for hydroxylation is 2. The Morgan fingerprint density at radius 3 is 0.960 bits per heavy atom. The van der Waals surface area contributed by atoms with Crippen molar-refractivity contribution in [3.63, 3.8) is 0 Å². The molecule has 1 aromatic heterocycles. The molecule has 0 unspecified atom stereocenters. The van der Waals surface area contributed by atoms with E-state index in [1.807, 2.05) is 0 Å². The molecule has 0 saturated carbocycles. The van der Waals surface area contributed by atoms with E-state index in [0.717, 1.165) is 0 Å². The van der Waals surface area contributed by atoms with Gasteiger partial charge in [-0.15, -0.1) is 0 Å². The predicted molar refractivity (Wildman–Crippen MR) is 225 cm³/mol. The third-order valence-electron chi connectivity index (χ3n) is 11.6. The van der Waals surface area contributed by atoms with Gasteiger partial charge in [-0.3, -0.25) is 0 Å². The molecule has 0 aromatic carbocycles. The third kappa shape index (κ3) is 30.8. The van der Waals surface area contributed by atoms with E-state index in [-0.39, 0.29) is 0 Å². The highest BCUT2D eigenvalue weighted by atomic mass is 15.1. The lowest BCUT2D eigenvalue weighted by Gasteiger charge is -2.07. The van der Waals surface area contributed by atoms with Gasteiger partial charge in [-0.05, 0) is 32.1 Å². The summed E-state index contributed by atoms with van der Waals surface area (Å²) in [5.74, 6) is 1.63. The SMILES string of the molecule is CCCCCCCCCCCCCCCCCC[n+]1ccn(CCCCCCCCCCCC)c1CCCCCCCCCCCCCCC. The van der Waals surface area contributed by atoms with E-state index in [4.69, 9.17) is 0 Å². The van der Waals surface area contributed by atoms with E-state index in [1.165, 1.54) is 270 Å². The third-order valence-corrected chi connectivity index (χ3v) is 11.6. The summed E-state index contributed by atoms with van der Waals surface area (Å²) in [6.07, 6.45) is 62.3. The number of aromatic nitrogens is 2. The number of imidazole rings is 1. The van der Waals surface area contributed by atoms with Gasteiger partial charge in [0.1, 0.15) is 12.4 Å². The van der Waals surface area contributed by atoms with Crippen molar-refractivity contribution in [1.29, 1.82) is 0 Å². The minimum atomic E-state index is 1.23. The molecule has 0 saturated heterocycles. The van der Waals surface area contributed by atoms with Crippen LogP contribution in [0.4, 0.5) is 0 Å². The molecule has 50 heavy (non-hydrogen) atoms. The molecule has 0 fully saturated rings. The summed E-state index contributed by atoms with van der Waals surface area (Å²) in [5, 5.41) is 0. The maximum absolute atomic E-state index is 2.65. The molecular formula is C48H95N2+. The van der Waals surface area contributed by atoms with Crippen LogP contribution in [0.1, 0.15) is 277 Å². The fourth-order valence-corrected chi connectivity index (χ4v) is 8.09. The Hall–Kier alpha value is -0.790. The first-order chi connectivity index (χ1) is 24.8. The quantitative estimate of drug-likeness (QED) is 0.0474. The fraction of sp³-hybridized carbons (Fsp3) is 0.938. The van der Waals surface area contributed by atoms with Crippen molar-refractivity contribution in [3.05, 3.63) is 18.2 Å². The minimum Gasteiger partial charge on any atom is -0.234 e. The van der Waals surface area contributed by atoms with Crippen LogP contribution < -0.4 is 4.57 Å². The van der Waals surface area contributed by atoms with Crippen LogP contribution in [-0.2, 0) is 19.5 Å². The molecule has 0 radical (unpaired) electrons. The average molecular weight is 700 g/mol. The predicted octanol–water partition coefficient (Wildman–Crippen LogP) is 16.6. The monoisotopic (exact) mass is 700 g/mol. The normalized spacial score (nSPS) is 11.7. The summed E-state index contributed by atoms with van der Waals surface area (Å²) >= 11 is 0. The van der Waals surface area contributed by atoms with Crippen LogP contribution in [-0.4, -0.2) is 4.57 Å². The van der Waals surface area contributed by atoms with E-state index >= 15 is 0 Å². The minimum absolute atomic E-state index is 1.23. The van der Waals surface area contributed by atoms with Crippen LogP contribution >= 0.6 is 0 Å². The zero-order valence-electron chi connectivity index (χ0n) is 35.2. The Morgan fingerprint density at radius 2 is 0.620 bits per heavy atom. The highest BCUT2D eigenvalue weighted by Gasteiger charge is 2.16. The fourth-order valence-electron chi connectivity index (χ4n) is 8.09. The van der Waals surface area contributed by atoms with Gasteiger partial charge in [0.2, 0.25) is 0 Å². The zero-order chi connectivity index (χ0) is 35.8. The molecule has 1 rings (SSSR count). The second kappa shape index (κ2) is 39.4. The van der Waals surface area contributed by atoms with Gasteiger partial charge < -0.3 is 0 Å². The lowest BCUT2D eigenvalue weighted by atomic mass is 10.0. The molecule has 1 heterocycles. The van der Waals surface area contributed by atoms with E-state index in [9.17, 15) is 0 Å². The summed E-state index contributed by atoms with van der Waals surface area (Å²) in [6.45, 7) is 9.41. The molecule has 0 atom stereocenters. The molecule has 296 valence electrons. The van der Waals surface area contributed by atoms with Gasteiger partial charge in [0.25, 0.3) is 5.82 Å². The Bertz CT molecular complexity index is 766. The molecule has 0 N–H and O–H groups in total. The highest BCUT2D eigenvalue weighted by Crippen LogP contribution is 2.16. The van der Waals surface area contributed by atoms with E-state index in [2.05, 4.69) is 42.3 Å². The molecule has 2 heteroatoms. The topological polar surface area (TPSA) is 8.81 Å². The molecule has 0 aliphatic carbocycles. The molecule has 1 aromatic rings. The van der Waals surface area contributed by atoms with Crippen LogP contribution in [0.25, 0.3) is 0 Å². The summed E-state index contributed by atoms with van der Waals surface area (Å²) < 4.78 is 5.30. The molecule has 0 aliphatic rings. The highest BCUT2D eigenvalue weighted by molar-refractivity contribution is 4.84. The van der Waals surface area contributed by atoms with Gasteiger partial charge in [-0.25, -0.2) is 9.13 Å². The lowest BCUT2D eigenvalue weighted by Crippen LogP contribution is -2.37. The van der Waals surface area contributed by atoms with Crippen LogP contribution in [0.15, 0.2) is 12.4 Å². The van der Waals surface area contributed by atoms with Crippen LogP contribution in [0.3, 0.4) is 0 Å². The first kappa shape index (κ1) is 47.2. The number of hydrogen-bond acceptors (Lipinski definition) is 0. The van der Waals surface area contributed by atoms with E-state index in [1.54, 1.807) is 5.82 Å².